The third-order valence-electron chi connectivity index (χ3n) is 6.17. The molecule has 1 aromatic heterocycles. The van der Waals surface area contributed by atoms with Crippen molar-refractivity contribution in [3.63, 3.8) is 0 Å². The molecule has 0 radical (unpaired) electrons. The first kappa shape index (κ1) is 19.5. The summed E-state index contributed by atoms with van der Waals surface area (Å²) in [7, 11) is 0. The average molecular weight is 414 g/mol. The van der Waals surface area contributed by atoms with E-state index in [0.29, 0.717) is 17.6 Å². The van der Waals surface area contributed by atoms with Crippen LogP contribution in [0.1, 0.15) is 35.8 Å². The lowest BCUT2D eigenvalue weighted by Crippen LogP contribution is -2.46. The van der Waals surface area contributed by atoms with Gasteiger partial charge in [0.15, 0.2) is 6.17 Å². The van der Waals surface area contributed by atoms with Gasteiger partial charge in [-0.3, -0.25) is 14.7 Å². The van der Waals surface area contributed by atoms with Gasteiger partial charge >= 0.3 is 0 Å². The van der Waals surface area contributed by atoms with Crippen molar-refractivity contribution in [1.82, 2.24) is 14.5 Å². The number of aliphatic imine (C=N–C) groups is 1. The highest BCUT2D eigenvalue weighted by Crippen LogP contribution is 2.28. The van der Waals surface area contributed by atoms with Crippen LogP contribution in [0.25, 0.3) is 0 Å². The molecular formula is C25H27N5O. The average Bonchev–Trinajstić information content (AvgIpc) is 2.80. The fraction of sp³-hybridized carbons (Fsp3) is 0.320. The Kier molecular flexibility index (Phi) is 5.28. The zero-order valence-electron chi connectivity index (χ0n) is 17.7. The van der Waals surface area contributed by atoms with Crippen molar-refractivity contribution in [1.29, 1.82) is 0 Å². The summed E-state index contributed by atoms with van der Waals surface area (Å²) in [6.45, 7) is 3.74. The largest absolute Gasteiger partial charge is 0.343 e. The lowest BCUT2D eigenvalue weighted by Gasteiger charge is -2.37. The molecule has 1 atom stereocenters. The molecule has 6 nitrogen and oxygen atoms in total. The van der Waals surface area contributed by atoms with Gasteiger partial charge in [0.1, 0.15) is 0 Å². The lowest BCUT2D eigenvalue weighted by molar-refractivity contribution is 0.262. The Balaban J connectivity index is 1.38. The number of aryl methyl sites for hydroxylation is 1. The number of fused-ring (bicyclic) bond motifs is 1. The van der Waals surface area contributed by atoms with Crippen molar-refractivity contribution in [2.45, 2.75) is 32.4 Å². The number of piperidine rings is 1. The van der Waals surface area contributed by atoms with Crippen LogP contribution in [0, 0.1) is 12.8 Å². The standard InChI is InChI=1S/C25H27N5O/c1-18-16-22(31)30-23(21-10-6-3-7-11-21)27-24(28-25(30)26-18)29-14-12-20(13-15-29)17-19-8-4-2-5-9-19/h2-11,16,20,23H,12-15,17H2,1H3,(H,26,27,28)/t23-/m0/s1. The van der Waals surface area contributed by atoms with Crippen molar-refractivity contribution in [2.24, 2.45) is 10.9 Å². The predicted molar refractivity (Wildman–Crippen MR) is 123 cm³/mol. The van der Waals surface area contributed by atoms with Crippen LogP contribution in [0.5, 0.6) is 0 Å². The second-order valence-corrected chi connectivity index (χ2v) is 8.41. The molecule has 0 aliphatic carbocycles. The van der Waals surface area contributed by atoms with E-state index in [1.807, 2.05) is 37.3 Å². The van der Waals surface area contributed by atoms with Gasteiger partial charge in [0.2, 0.25) is 11.9 Å². The molecule has 0 spiro atoms. The molecule has 0 amide bonds. The molecule has 2 aromatic carbocycles. The minimum absolute atomic E-state index is 0.0896. The van der Waals surface area contributed by atoms with E-state index in [4.69, 9.17) is 4.99 Å². The van der Waals surface area contributed by atoms with Crippen LogP contribution in [0.15, 0.2) is 76.5 Å². The molecule has 1 fully saturated rings. The highest BCUT2D eigenvalue weighted by Gasteiger charge is 2.29. The normalized spacial score (nSPS) is 18.8. The van der Waals surface area contributed by atoms with E-state index in [1.165, 1.54) is 5.56 Å². The SMILES string of the molecule is Cc1cc(=O)n2c(n1)NC(N1CCC(Cc3ccccc3)CC1)=N[C@@H]2c1ccccc1. The molecule has 3 heterocycles. The van der Waals surface area contributed by atoms with Crippen LogP contribution in [0.2, 0.25) is 0 Å². The van der Waals surface area contributed by atoms with E-state index < -0.39 is 6.17 Å². The Bertz CT molecular complexity index is 1130. The van der Waals surface area contributed by atoms with Crippen LogP contribution in [-0.2, 0) is 6.42 Å². The number of anilines is 1. The number of nitrogens with zero attached hydrogens (tertiary/aromatic N) is 4. The van der Waals surface area contributed by atoms with E-state index >= 15 is 0 Å². The summed E-state index contributed by atoms with van der Waals surface area (Å²) < 4.78 is 1.65. The number of aromatic nitrogens is 2. The summed E-state index contributed by atoms with van der Waals surface area (Å²) >= 11 is 0. The molecular weight excluding hydrogens is 386 g/mol. The second-order valence-electron chi connectivity index (χ2n) is 8.41. The monoisotopic (exact) mass is 413 g/mol. The summed E-state index contributed by atoms with van der Waals surface area (Å²) in [6, 6.07) is 22.3. The Labute approximate surface area is 182 Å². The third-order valence-corrected chi connectivity index (χ3v) is 6.17. The van der Waals surface area contributed by atoms with Gasteiger partial charge in [-0.15, -0.1) is 0 Å². The number of hydrogen-bond donors (Lipinski definition) is 1. The van der Waals surface area contributed by atoms with E-state index in [0.717, 1.165) is 43.9 Å². The van der Waals surface area contributed by atoms with Crippen LogP contribution in [-0.4, -0.2) is 33.5 Å². The Morgan fingerprint density at radius 1 is 1.00 bits per heavy atom. The molecule has 0 bridgehead atoms. The first-order chi connectivity index (χ1) is 15.2. The molecule has 1 N–H and O–H groups in total. The van der Waals surface area contributed by atoms with E-state index in [9.17, 15) is 4.79 Å². The van der Waals surface area contributed by atoms with E-state index in [1.54, 1.807) is 10.6 Å². The maximum Gasteiger partial charge on any atom is 0.257 e. The smallest absolute Gasteiger partial charge is 0.257 e. The highest BCUT2D eigenvalue weighted by molar-refractivity contribution is 5.93. The summed E-state index contributed by atoms with van der Waals surface area (Å²) in [6.07, 6.45) is 2.97. The summed E-state index contributed by atoms with van der Waals surface area (Å²) in [5, 5.41) is 3.34. The number of nitrogens with one attached hydrogen (secondary N) is 1. The molecule has 31 heavy (non-hydrogen) atoms. The second kappa shape index (κ2) is 8.38. The molecule has 0 unspecified atom stereocenters. The van der Waals surface area contributed by atoms with Crippen molar-refractivity contribution < 1.29 is 0 Å². The van der Waals surface area contributed by atoms with Crippen LogP contribution in [0.4, 0.5) is 5.95 Å². The van der Waals surface area contributed by atoms with E-state index in [2.05, 4.69) is 45.5 Å². The van der Waals surface area contributed by atoms with Gasteiger partial charge in [-0.05, 0) is 43.2 Å². The lowest BCUT2D eigenvalue weighted by atomic mass is 9.90. The number of likely N-dealkylation sites (tertiary alicyclic amines) is 1. The zero-order chi connectivity index (χ0) is 21.2. The summed E-state index contributed by atoms with van der Waals surface area (Å²) in [5.74, 6) is 2.06. The van der Waals surface area contributed by atoms with Crippen LogP contribution < -0.4 is 10.9 Å². The maximum atomic E-state index is 12.8. The van der Waals surface area contributed by atoms with Gasteiger partial charge in [-0.25, -0.2) is 9.98 Å². The molecule has 0 saturated carbocycles. The summed E-state index contributed by atoms with van der Waals surface area (Å²) in [5.41, 5.74) is 3.01. The molecule has 6 heteroatoms. The molecule has 158 valence electrons. The molecule has 3 aromatic rings. The highest BCUT2D eigenvalue weighted by atomic mass is 16.1. The van der Waals surface area contributed by atoms with Crippen molar-refractivity contribution in [2.75, 3.05) is 18.4 Å². The minimum Gasteiger partial charge on any atom is -0.343 e. The van der Waals surface area contributed by atoms with Gasteiger partial charge in [0, 0.05) is 24.8 Å². The van der Waals surface area contributed by atoms with Crippen LogP contribution >= 0.6 is 0 Å². The Morgan fingerprint density at radius 2 is 1.68 bits per heavy atom. The minimum atomic E-state index is -0.407. The Hall–Kier alpha value is -3.41. The molecule has 2 aliphatic heterocycles. The van der Waals surface area contributed by atoms with Crippen molar-refractivity contribution >= 4 is 11.9 Å². The van der Waals surface area contributed by atoms with Crippen molar-refractivity contribution in [3.8, 4) is 0 Å². The quantitative estimate of drug-likeness (QED) is 0.709. The fourth-order valence-electron chi connectivity index (χ4n) is 4.54. The molecule has 1 saturated heterocycles. The topological polar surface area (TPSA) is 62.5 Å². The van der Waals surface area contributed by atoms with E-state index in [-0.39, 0.29) is 5.56 Å². The van der Waals surface area contributed by atoms with Gasteiger partial charge in [-0.2, -0.15) is 0 Å². The molecule has 2 aliphatic rings. The van der Waals surface area contributed by atoms with Gasteiger partial charge in [0.25, 0.3) is 5.56 Å². The Morgan fingerprint density at radius 3 is 2.39 bits per heavy atom. The summed E-state index contributed by atoms with van der Waals surface area (Å²) in [4.78, 5) is 24.7. The van der Waals surface area contributed by atoms with Gasteiger partial charge in [0.05, 0.1) is 0 Å². The van der Waals surface area contributed by atoms with Gasteiger partial charge < -0.3 is 4.90 Å². The first-order valence-corrected chi connectivity index (χ1v) is 11.0. The number of hydrogen-bond acceptors (Lipinski definition) is 5. The predicted octanol–water partition coefficient (Wildman–Crippen LogP) is 3.83. The van der Waals surface area contributed by atoms with Gasteiger partial charge in [-0.1, -0.05) is 60.7 Å². The number of guanidine groups is 1. The molecule has 5 rings (SSSR count). The number of benzene rings is 2. The first-order valence-electron chi connectivity index (χ1n) is 11.0. The third kappa shape index (κ3) is 4.10. The maximum absolute atomic E-state index is 12.8. The van der Waals surface area contributed by atoms with Crippen LogP contribution in [0.3, 0.4) is 0 Å². The van der Waals surface area contributed by atoms with Crippen molar-refractivity contribution in [3.05, 3.63) is 93.9 Å². The fourth-order valence-corrected chi connectivity index (χ4v) is 4.54. The zero-order valence-corrected chi connectivity index (χ0v) is 17.7. The number of rotatable bonds is 3.